The van der Waals surface area contributed by atoms with Gasteiger partial charge in [0.1, 0.15) is 11.6 Å². The molecule has 1 amide bonds. The van der Waals surface area contributed by atoms with Gasteiger partial charge in [-0.15, -0.1) is 0 Å². The van der Waals surface area contributed by atoms with E-state index in [4.69, 9.17) is 4.74 Å². The van der Waals surface area contributed by atoms with Crippen LogP contribution in [0.1, 0.15) is 12.0 Å². The highest BCUT2D eigenvalue weighted by molar-refractivity contribution is 7.80. The Morgan fingerprint density at radius 2 is 2.19 bits per heavy atom. The largest absolute Gasteiger partial charge is 0.439 e. The maximum Gasteiger partial charge on any atom is 0.224 e. The molecule has 0 fully saturated rings. The number of amides is 1. The number of carbonyl (C=O) groups excluding carboxylic acids is 1. The predicted molar refractivity (Wildman–Crippen MR) is 81.0 cm³/mol. The number of hydrogen-bond acceptors (Lipinski definition) is 4. The average molecular weight is 306 g/mol. The fourth-order valence-corrected chi connectivity index (χ4v) is 1.88. The smallest absolute Gasteiger partial charge is 0.224 e. The van der Waals surface area contributed by atoms with Crippen molar-refractivity contribution in [3.8, 4) is 11.6 Å². The van der Waals surface area contributed by atoms with Crippen molar-refractivity contribution in [2.24, 2.45) is 0 Å². The Labute approximate surface area is 127 Å². The number of halogens is 1. The summed E-state index contributed by atoms with van der Waals surface area (Å²) < 4.78 is 18.7. The molecule has 0 radical (unpaired) electrons. The van der Waals surface area contributed by atoms with E-state index in [-0.39, 0.29) is 11.7 Å². The molecule has 0 unspecified atom stereocenters. The van der Waals surface area contributed by atoms with Crippen molar-refractivity contribution in [1.82, 2.24) is 10.3 Å². The van der Waals surface area contributed by atoms with Gasteiger partial charge in [0.25, 0.3) is 0 Å². The van der Waals surface area contributed by atoms with E-state index in [1.165, 1.54) is 12.1 Å². The van der Waals surface area contributed by atoms with Gasteiger partial charge < -0.3 is 10.1 Å². The summed E-state index contributed by atoms with van der Waals surface area (Å²) in [7, 11) is 0. The molecule has 1 N–H and O–H groups in total. The van der Waals surface area contributed by atoms with Crippen LogP contribution in [0, 0.1) is 5.82 Å². The second kappa shape index (κ2) is 7.64. The lowest BCUT2D eigenvalue weighted by Gasteiger charge is -2.10. The standard InChI is InChI=1S/C15H15FN2O2S/c16-12-4-1-5-13(9-12)20-15-11(3-2-7-17-15)10-18-14(19)6-8-21/h1-5,7,9,21H,6,8,10H2,(H,18,19). The van der Waals surface area contributed by atoms with Crippen LogP contribution in [0.2, 0.25) is 0 Å². The Hall–Kier alpha value is -2.08. The van der Waals surface area contributed by atoms with Crippen LogP contribution in [0.15, 0.2) is 42.6 Å². The molecule has 6 heteroatoms. The molecule has 1 heterocycles. The van der Waals surface area contributed by atoms with Crippen molar-refractivity contribution < 1.29 is 13.9 Å². The van der Waals surface area contributed by atoms with Gasteiger partial charge in [-0.3, -0.25) is 4.79 Å². The van der Waals surface area contributed by atoms with Crippen molar-refractivity contribution in [1.29, 1.82) is 0 Å². The fraction of sp³-hybridized carbons (Fsp3) is 0.200. The molecular formula is C15H15FN2O2S. The number of benzene rings is 1. The van der Waals surface area contributed by atoms with Gasteiger partial charge in [-0.1, -0.05) is 12.1 Å². The van der Waals surface area contributed by atoms with Crippen LogP contribution < -0.4 is 10.1 Å². The number of pyridine rings is 1. The van der Waals surface area contributed by atoms with E-state index in [0.717, 1.165) is 0 Å². The molecule has 2 rings (SSSR count). The highest BCUT2D eigenvalue weighted by Crippen LogP contribution is 2.23. The molecule has 21 heavy (non-hydrogen) atoms. The summed E-state index contributed by atoms with van der Waals surface area (Å²) in [4.78, 5) is 15.6. The Morgan fingerprint density at radius 1 is 1.33 bits per heavy atom. The first-order valence-corrected chi connectivity index (χ1v) is 7.07. The normalized spacial score (nSPS) is 10.2. The minimum absolute atomic E-state index is 0.0921. The van der Waals surface area contributed by atoms with E-state index >= 15 is 0 Å². The predicted octanol–water partition coefficient (Wildman–Crippen LogP) is 2.95. The lowest BCUT2D eigenvalue weighted by molar-refractivity contribution is -0.120. The van der Waals surface area contributed by atoms with Crippen LogP contribution >= 0.6 is 12.6 Å². The molecule has 1 aromatic heterocycles. The van der Waals surface area contributed by atoms with Gasteiger partial charge >= 0.3 is 0 Å². The third-order valence-electron chi connectivity index (χ3n) is 2.68. The quantitative estimate of drug-likeness (QED) is 0.807. The summed E-state index contributed by atoms with van der Waals surface area (Å²) in [6.45, 7) is 0.297. The molecule has 0 aliphatic heterocycles. The van der Waals surface area contributed by atoms with Crippen molar-refractivity contribution in [3.05, 3.63) is 54.0 Å². The molecular weight excluding hydrogens is 291 g/mol. The van der Waals surface area contributed by atoms with Gasteiger partial charge in [-0.05, 0) is 24.0 Å². The average Bonchev–Trinajstić information content (AvgIpc) is 2.47. The summed E-state index contributed by atoms with van der Waals surface area (Å²) >= 11 is 4.00. The molecule has 0 atom stereocenters. The molecule has 0 saturated carbocycles. The number of carbonyl (C=O) groups is 1. The molecule has 0 saturated heterocycles. The van der Waals surface area contributed by atoms with Gasteiger partial charge in [0.2, 0.25) is 11.8 Å². The molecule has 110 valence electrons. The fourth-order valence-electron chi connectivity index (χ4n) is 1.68. The topological polar surface area (TPSA) is 51.2 Å². The van der Waals surface area contributed by atoms with Gasteiger partial charge in [0.15, 0.2) is 0 Å². The van der Waals surface area contributed by atoms with Crippen LogP contribution in [0.25, 0.3) is 0 Å². The Balaban J connectivity index is 2.08. The molecule has 2 aromatic rings. The molecule has 0 spiro atoms. The summed E-state index contributed by atoms with van der Waals surface area (Å²) in [5, 5.41) is 2.76. The molecule has 0 bridgehead atoms. The van der Waals surface area contributed by atoms with Crippen molar-refractivity contribution in [2.75, 3.05) is 5.75 Å². The number of rotatable bonds is 6. The van der Waals surface area contributed by atoms with E-state index < -0.39 is 0 Å². The Bertz CT molecular complexity index is 622. The van der Waals surface area contributed by atoms with Crippen LogP contribution in [0.5, 0.6) is 11.6 Å². The number of nitrogens with zero attached hydrogens (tertiary/aromatic N) is 1. The number of ether oxygens (including phenoxy) is 1. The van der Waals surface area contributed by atoms with Gasteiger partial charge in [0.05, 0.1) is 0 Å². The minimum atomic E-state index is -0.382. The van der Waals surface area contributed by atoms with Crippen molar-refractivity contribution >= 4 is 18.5 Å². The molecule has 1 aromatic carbocycles. The number of thiol groups is 1. The Morgan fingerprint density at radius 3 is 2.95 bits per heavy atom. The zero-order chi connectivity index (χ0) is 15.1. The van der Waals surface area contributed by atoms with Crippen LogP contribution in [0.3, 0.4) is 0 Å². The first-order chi connectivity index (χ1) is 10.2. The lowest BCUT2D eigenvalue weighted by atomic mass is 10.2. The van der Waals surface area contributed by atoms with Gasteiger partial charge in [-0.25, -0.2) is 9.37 Å². The number of aromatic nitrogens is 1. The molecule has 0 aliphatic rings. The molecule has 0 aliphatic carbocycles. The highest BCUT2D eigenvalue weighted by Gasteiger charge is 2.08. The van der Waals surface area contributed by atoms with Gasteiger partial charge in [0, 0.05) is 30.8 Å². The first-order valence-electron chi connectivity index (χ1n) is 6.44. The summed E-state index contributed by atoms with van der Waals surface area (Å²) in [6.07, 6.45) is 1.93. The second-order valence-corrected chi connectivity index (χ2v) is 4.72. The minimum Gasteiger partial charge on any atom is -0.439 e. The van der Waals surface area contributed by atoms with Crippen molar-refractivity contribution in [2.45, 2.75) is 13.0 Å². The van der Waals surface area contributed by atoms with E-state index in [2.05, 4.69) is 22.9 Å². The maximum absolute atomic E-state index is 13.1. The maximum atomic E-state index is 13.1. The number of hydrogen-bond donors (Lipinski definition) is 2. The third kappa shape index (κ3) is 4.75. The first kappa shape index (κ1) is 15.3. The van der Waals surface area contributed by atoms with E-state index in [1.807, 2.05) is 0 Å². The summed E-state index contributed by atoms with van der Waals surface area (Å²) in [5.74, 6) is 0.717. The lowest BCUT2D eigenvalue weighted by Crippen LogP contribution is -2.23. The monoisotopic (exact) mass is 306 g/mol. The van der Waals surface area contributed by atoms with Crippen LogP contribution in [-0.2, 0) is 11.3 Å². The SMILES string of the molecule is O=C(CCS)NCc1cccnc1Oc1cccc(F)c1. The second-order valence-electron chi connectivity index (χ2n) is 4.28. The Kier molecular flexibility index (Phi) is 5.57. The molecule has 4 nitrogen and oxygen atoms in total. The van der Waals surface area contributed by atoms with Crippen LogP contribution in [0.4, 0.5) is 4.39 Å². The van der Waals surface area contributed by atoms with Crippen molar-refractivity contribution in [3.63, 3.8) is 0 Å². The van der Waals surface area contributed by atoms with E-state index in [9.17, 15) is 9.18 Å². The zero-order valence-corrected chi connectivity index (χ0v) is 12.1. The number of nitrogens with one attached hydrogen (secondary N) is 1. The van der Waals surface area contributed by atoms with Gasteiger partial charge in [-0.2, -0.15) is 12.6 Å². The third-order valence-corrected chi connectivity index (χ3v) is 2.90. The highest BCUT2D eigenvalue weighted by atomic mass is 32.1. The van der Waals surface area contributed by atoms with E-state index in [0.29, 0.717) is 35.9 Å². The van der Waals surface area contributed by atoms with E-state index in [1.54, 1.807) is 30.5 Å². The summed E-state index contributed by atoms with van der Waals surface area (Å²) in [5.41, 5.74) is 0.717. The zero-order valence-electron chi connectivity index (χ0n) is 11.3. The summed E-state index contributed by atoms with van der Waals surface area (Å²) in [6, 6.07) is 9.35. The van der Waals surface area contributed by atoms with Crippen LogP contribution in [-0.4, -0.2) is 16.6 Å².